The van der Waals surface area contributed by atoms with E-state index in [0.29, 0.717) is 12.1 Å². The van der Waals surface area contributed by atoms with Gasteiger partial charge in [-0.3, -0.25) is 9.59 Å². The molecule has 6 heteroatoms. The van der Waals surface area contributed by atoms with Crippen LogP contribution in [0, 0.1) is 12.8 Å². The number of aromatic nitrogens is 2. The van der Waals surface area contributed by atoms with Crippen molar-refractivity contribution in [1.82, 2.24) is 20.4 Å². The van der Waals surface area contributed by atoms with Crippen LogP contribution in [0.15, 0.2) is 67.0 Å². The predicted octanol–water partition coefficient (Wildman–Crippen LogP) is 3.25. The van der Waals surface area contributed by atoms with Crippen molar-refractivity contribution in [2.75, 3.05) is 0 Å². The fourth-order valence-corrected chi connectivity index (χ4v) is 3.05. The Balaban J connectivity index is 1.62. The average molecular weight is 390 g/mol. The number of aryl methyl sites for hydroxylation is 1. The Morgan fingerprint density at radius 1 is 1.03 bits per heavy atom. The van der Waals surface area contributed by atoms with Gasteiger partial charge >= 0.3 is 0 Å². The zero-order chi connectivity index (χ0) is 20.8. The fourth-order valence-electron chi connectivity index (χ4n) is 3.05. The molecule has 0 saturated heterocycles. The highest BCUT2D eigenvalue weighted by Gasteiger charge is 2.25. The van der Waals surface area contributed by atoms with Crippen LogP contribution >= 0.6 is 0 Å². The average Bonchev–Trinajstić information content (AvgIpc) is 3.20. The molecule has 0 radical (unpaired) electrons. The summed E-state index contributed by atoms with van der Waals surface area (Å²) in [5, 5.41) is 10.1. The van der Waals surface area contributed by atoms with Crippen LogP contribution < -0.4 is 10.6 Å². The second-order valence-corrected chi connectivity index (χ2v) is 7.36. The normalized spacial score (nSPS) is 11.9. The highest BCUT2D eigenvalue weighted by Crippen LogP contribution is 2.10. The van der Waals surface area contributed by atoms with Crippen LogP contribution in [0.1, 0.15) is 35.3 Å². The van der Waals surface area contributed by atoms with Gasteiger partial charge in [-0.15, -0.1) is 0 Å². The minimum Gasteiger partial charge on any atom is -0.350 e. The number of hydrogen-bond donors (Lipinski definition) is 2. The first-order valence-electron chi connectivity index (χ1n) is 9.69. The Bertz CT molecular complexity index is 979. The van der Waals surface area contributed by atoms with Crippen LogP contribution in [0.5, 0.6) is 0 Å². The molecule has 2 aromatic carbocycles. The zero-order valence-electron chi connectivity index (χ0n) is 16.9. The molecule has 3 rings (SSSR count). The summed E-state index contributed by atoms with van der Waals surface area (Å²) in [6.45, 7) is 6.05. The van der Waals surface area contributed by atoms with Crippen molar-refractivity contribution >= 4 is 11.8 Å². The van der Waals surface area contributed by atoms with Gasteiger partial charge in [-0.2, -0.15) is 5.10 Å². The van der Waals surface area contributed by atoms with E-state index in [0.717, 1.165) is 16.8 Å². The van der Waals surface area contributed by atoms with Crippen LogP contribution in [0.3, 0.4) is 0 Å². The van der Waals surface area contributed by atoms with Gasteiger partial charge in [0.05, 0.1) is 11.9 Å². The van der Waals surface area contributed by atoms with E-state index >= 15 is 0 Å². The van der Waals surface area contributed by atoms with Crippen LogP contribution in [-0.2, 0) is 11.3 Å². The third kappa shape index (κ3) is 5.10. The molecule has 29 heavy (non-hydrogen) atoms. The topological polar surface area (TPSA) is 76.0 Å². The van der Waals surface area contributed by atoms with Crippen LogP contribution in [0.2, 0.25) is 0 Å². The van der Waals surface area contributed by atoms with E-state index in [-0.39, 0.29) is 17.7 Å². The van der Waals surface area contributed by atoms with Gasteiger partial charge in [-0.25, -0.2) is 4.68 Å². The summed E-state index contributed by atoms with van der Waals surface area (Å²) in [7, 11) is 0. The lowest BCUT2D eigenvalue weighted by Crippen LogP contribution is -2.49. The first-order chi connectivity index (χ1) is 14.0. The molecule has 1 aromatic heterocycles. The summed E-state index contributed by atoms with van der Waals surface area (Å²) in [4.78, 5) is 25.3. The summed E-state index contributed by atoms with van der Waals surface area (Å²) in [6, 6.07) is 16.5. The Morgan fingerprint density at radius 2 is 1.72 bits per heavy atom. The Labute approximate surface area is 170 Å². The standard InChI is InChI=1S/C23H26N4O2/c1-16(2)21(26-22(28)20-12-8-7-9-17(20)3)23(29)24-13-18-14-25-27(15-18)19-10-5-4-6-11-19/h4-12,14-16,21H,13H2,1-3H3,(H,24,29)(H,26,28). The van der Waals surface area contributed by atoms with E-state index in [9.17, 15) is 9.59 Å². The van der Waals surface area contributed by atoms with Gasteiger partial charge < -0.3 is 10.6 Å². The Morgan fingerprint density at radius 3 is 2.41 bits per heavy atom. The number of hydrogen-bond acceptors (Lipinski definition) is 3. The van der Waals surface area contributed by atoms with Crippen molar-refractivity contribution in [2.24, 2.45) is 5.92 Å². The molecule has 1 heterocycles. The molecule has 0 saturated carbocycles. The van der Waals surface area contributed by atoms with Crippen molar-refractivity contribution in [3.63, 3.8) is 0 Å². The van der Waals surface area contributed by atoms with Gasteiger partial charge in [0.25, 0.3) is 5.91 Å². The lowest BCUT2D eigenvalue weighted by Gasteiger charge is -2.22. The number of para-hydroxylation sites is 1. The van der Waals surface area contributed by atoms with Crippen LogP contribution in [-0.4, -0.2) is 27.6 Å². The molecular weight excluding hydrogens is 364 g/mol. The SMILES string of the molecule is Cc1ccccc1C(=O)NC(C(=O)NCc1cnn(-c2ccccc2)c1)C(C)C. The van der Waals surface area contributed by atoms with E-state index < -0.39 is 6.04 Å². The molecule has 1 atom stereocenters. The van der Waals surface area contributed by atoms with Crippen LogP contribution in [0.25, 0.3) is 5.69 Å². The van der Waals surface area contributed by atoms with Gasteiger partial charge in [0, 0.05) is 23.9 Å². The molecule has 2 N–H and O–H groups in total. The van der Waals surface area contributed by atoms with E-state index in [2.05, 4.69) is 15.7 Å². The largest absolute Gasteiger partial charge is 0.350 e. The van der Waals surface area contributed by atoms with E-state index in [1.54, 1.807) is 16.9 Å². The first kappa shape index (κ1) is 20.3. The van der Waals surface area contributed by atoms with Crippen molar-refractivity contribution in [3.05, 3.63) is 83.7 Å². The van der Waals surface area contributed by atoms with Crippen molar-refractivity contribution < 1.29 is 9.59 Å². The number of amides is 2. The van der Waals surface area contributed by atoms with Crippen molar-refractivity contribution in [3.8, 4) is 5.69 Å². The third-order valence-electron chi connectivity index (χ3n) is 4.75. The third-order valence-corrected chi connectivity index (χ3v) is 4.75. The maximum atomic E-state index is 12.7. The van der Waals surface area contributed by atoms with Gasteiger partial charge in [-0.1, -0.05) is 50.2 Å². The van der Waals surface area contributed by atoms with Gasteiger partial charge in [0.15, 0.2) is 0 Å². The van der Waals surface area contributed by atoms with E-state index in [1.165, 1.54) is 0 Å². The maximum Gasteiger partial charge on any atom is 0.252 e. The highest BCUT2D eigenvalue weighted by molar-refractivity contribution is 5.98. The fraction of sp³-hybridized carbons (Fsp3) is 0.261. The number of nitrogens with zero attached hydrogens (tertiary/aromatic N) is 2. The number of carbonyl (C=O) groups is 2. The Hall–Kier alpha value is -3.41. The monoisotopic (exact) mass is 390 g/mol. The molecule has 1 unspecified atom stereocenters. The quantitative estimate of drug-likeness (QED) is 0.650. The second kappa shape index (κ2) is 9.19. The molecular formula is C23H26N4O2. The minimum absolute atomic E-state index is 0.0463. The first-order valence-corrected chi connectivity index (χ1v) is 9.69. The molecule has 150 valence electrons. The van der Waals surface area contributed by atoms with Gasteiger partial charge in [0.1, 0.15) is 6.04 Å². The lowest BCUT2D eigenvalue weighted by atomic mass is 10.0. The highest BCUT2D eigenvalue weighted by atomic mass is 16.2. The number of nitrogens with one attached hydrogen (secondary N) is 2. The summed E-state index contributed by atoms with van der Waals surface area (Å²) in [6.07, 6.45) is 3.61. The Kier molecular flexibility index (Phi) is 6.44. The summed E-state index contributed by atoms with van der Waals surface area (Å²) in [5.41, 5.74) is 3.29. The molecule has 0 bridgehead atoms. The number of rotatable bonds is 7. The molecule has 2 amide bonds. The van der Waals surface area contributed by atoms with Crippen molar-refractivity contribution in [2.45, 2.75) is 33.4 Å². The molecule has 0 fully saturated rings. The summed E-state index contributed by atoms with van der Waals surface area (Å²) < 4.78 is 1.77. The van der Waals surface area contributed by atoms with E-state index in [1.807, 2.05) is 75.5 Å². The molecule has 0 aliphatic carbocycles. The predicted molar refractivity (Wildman–Crippen MR) is 113 cm³/mol. The number of carbonyl (C=O) groups excluding carboxylic acids is 2. The number of benzene rings is 2. The second-order valence-electron chi connectivity index (χ2n) is 7.36. The molecule has 0 aliphatic heterocycles. The molecule has 0 aliphatic rings. The molecule has 6 nitrogen and oxygen atoms in total. The summed E-state index contributed by atoms with van der Waals surface area (Å²) >= 11 is 0. The smallest absolute Gasteiger partial charge is 0.252 e. The molecule has 3 aromatic rings. The minimum atomic E-state index is -0.619. The van der Waals surface area contributed by atoms with Gasteiger partial charge in [-0.05, 0) is 36.6 Å². The van der Waals surface area contributed by atoms with Crippen molar-refractivity contribution in [1.29, 1.82) is 0 Å². The zero-order valence-corrected chi connectivity index (χ0v) is 16.9. The van der Waals surface area contributed by atoms with Gasteiger partial charge in [0.2, 0.25) is 5.91 Å². The van der Waals surface area contributed by atoms with E-state index in [4.69, 9.17) is 0 Å². The summed E-state index contributed by atoms with van der Waals surface area (Å²) in [5.74, 6) is -0.502. The van der Waals surface area contributed by atoms with Crippen LogP contribution in [0.4, 0.5) is 0 Å². The lowest BCUT2D eigenvalue weighted by molar-refractivity contribution is -0.124. The maximum absolute atomic E-state index is 12.7. The molecule has 0 spiro atoms.